The predicted octanol–water partition coefficient (Wildman–Crippen LogP) is 8.03. The molecule has 0 radical (unpaired) electrons. The molecule has 13 heteroatoms. The number of fused-ring (bicyclic) bond motifs is 3. The molecule has 0 fully saturated rings. The monoisotopic (exact) mass is 824 g/mol. The van der Waals surface area contributed by atoms with Gasteiger partial charge < -0.3 is 30.1 Å². The Labute approximate surface area is 350 Å². The van der Waals surface area contributed by atoms with Crippen LogP contribution in [-0.4, -0.2) is 76.6 Å². The summed E-state index contributed by atoms with van der Waals surface area (Å²) in [6.07, 6.45) is -0.783. The van der Waals surface area contributed by atoms with Crippen LogP contribution in [-0.2, 0) is 30.3 Å². The molecule has 3 aromatic carbocycles. The number of nitrogens with one attached hydrogen (secondary N) is 2. The number of likely N-dealkylation sites (N-methyl/N-ethyl adjacent to an activating group) is 1. The van der Waals surface area contributed by atoms with Gasteiger partial charge in [0.25, 0.3) is 5.91 Å². The molecule has 1 aliphatic rings. The second-order valence-corrected chi connectivity index (χ2v) is 17.7. The highest BCUT2D eigenvalue weighted by Crippen LogP contribution is 2.44. The van der Waals surface area contributed by atoms with Crippen molar-refractivity contribution >= 4 is 41.2 Å². The van der Waals surface area contributed by atoms with Gasteiger partial charge in [0.2, 0.25) is 5.91 Å². The van der Waals surface area contributed by atoms with Gasteiger partial charge in [-0.2, -0.15) is 0 Å². The highest BCUT2D eigenvalue weighted by atomic mass is 32.1. The topological polar surface area (TPSA) is 164 Å². The first-order valence-electron chi connectivity index (χ1n) is 20.0. The van der Waals surface area contributed by atoms with Crippen LogP contribution < -0.4 is 10.6 Å². The Morgan fingerprint density at radius 2 is 1.46 bits per heavy atom. The minimum Gasteiger partial charge on any atom is -0.481 e. The summed E-state index contributed by atoms with van der Waals surface area (Å²) in [5.74, 6) is -3.28. The normalized spacial score (nSPS) is 14.9. The maximum Gasteiger partial charge on any atom is 0.407 e. The third-order valence-corrected chi connectivity index (χ3v) is 11.8. The van der Waals surface area contributed by atoms with E-state index in [1.165, 1.54) is 6.92 Å². The fourth-order valence-corrected chi connectivity index (χ4v) is 8.53. The second-order valence-electron chi connectivity index (χ2n) is 16.8. The van der Waals surface area contributed by atoms with Gasteiger partial charge in [0.1, 0.15) is 23.4 Å². The third kappa shape index (κ3) is 11.3. The minimum absolute atomic E-state index is 0.0996. The Hall–Kier alpha value is -5.56. The molecular weight excluding hydrogens is 769 g/mol. The second kappa shape index (κ2) is 19.5. The first-order chi connectivity index (χ1) is 27.9. The van der Waals surface area contributed by atoms with Crippen LogP contribution in [0.25, 0.3) is 11.1 Å². The first kappa shape index (κ1) is 44.5. The fourth-order valence-electron chi connectivity index (χ4n) is 7.69. The molecule has 1 aliphatic carbocycles. The summed E-state index contributed by atoms with van der Waals surface area (Å²) >= 11 is 1.16. The number of hydrogen-bond acceptors (Lipinski definition) is 9. The number of aromatic nitrogens is 1. The number of alkyl carbamates (subject to hydrolysis) is 1. The van der Waals surface area contributed by atoms with Crippen LogP contribution >= 0.6 is 11.3 Å². The van der Waals surface area contributed by atoms with Crippen LogP contribution in [0.4, 0.5) is 4.79 Å². The lowest BCUT2D eigenvalue weighted by Crippen LogP contribution is -2.56. The summed E-state index contributed by atoms with van der Waals surface area (Å²) in [5, 5.41) is 17.4. The molecule has 12 nitrogen and oxygen atoms in total. The third-order valence-electron chi connectivity index (χ3n) is 10.8. The van der Waals surface area contributed by atoms with Crippen molar-refractivity contribution in [2.24, 2.45) is 17.3 Å². The van der Waals surface area contributed by atoms with Crippen molar-refractivity contribution in [3.63, 3.8) is 0 Å². The van der Waals surface area contributed by atoms with Gasteiger partial charge in [-0.05, 0) is 52.0 Å². The van der Waals surface area contributed by atoms with Gasteiger partial charge in [-0.15, -0.1) is 11.3 Å². The number of amides is 3. The highest BCUT2D eigenvalue weighted by Gasteiger charge is 2.40. The van der Waals surface area contributed by atoms with E-state index in [0.29, 0.717) is 11.4 Å². The van der Waals surface area contributed by atoms with Gasteiger partial charge >= 0.3 is 18.0 Å². The molecule has 59 heavy (non-hydrogen) atoms. The minimum atomic E-state index is -0.959. The number of carbonyl (C=O) groups excluding carboxylic acids is 4. The van der Waals surface area contributed by atoms with Crippen LogP contribution in [0, 0.1) is 17.3 Å². The number of benzene rings is 3. The van der Waals surface area contributed by atoms with E-state index < -0.39 is 59.5 Å². The van der Waals surface area contributed by atoms with E-state index >= 15 is 0 Å². The molecule has 4 aromatic rings. The van der Waals surface area contributed by atoms with Crippen molar-refractivity contribution in [2.45, 2.75) is 97.9 Å². The lowest BCUT2D eigenvalue weighted by atomic mass is 9.85. The Kier molecular flexibility index (Phi) is 14.7. The summed E-state index contributed by atoms with van der Waals surface area (Å²) in [6.45, 7) is 12.5. The first-order valence-corrected chi connectivity index (χ1v) is 20.9. The number of hydrogen-bond donors (Lipinski definition) is 3. The van der Waals surface area contributed by atoms with Crippen LogP contribution in [0.1, 0.15) is 106 Å². The summed E-state index contributed by atoms with van der Waals surface area (Å²) in [4.78, 5) is 71.7. The number of esters is 1. The molecule has 5 unspecified atom stereocenters. The number of thiazole rings is 1. The quantitative estimate of drug-likeness (QED) is 0.0895. The van der Waals surface area contributed by atoms with Crippen molar-refractivity contribution in [2.75, 3.05) is 13.7 Å². The van der Waals surface area contributed by atoms with Gasteiger partial charge in [-0.3, -0.25) is 19.2 Å². The molecule has 0 aliphatic heterocycles. The number of rotatable bonds is 17. The van der Waals surface area contributed by atoms with Gasteiger partial charge in [0.05, 0.1) is 5.92 Å². The van der Waals surface area contributed by atoms with Crippen molar-refractivity contribution in [3.8, 4) is 11.1 Å². The number of carbonyl (C=O) groups is 5. The summed E-state index contributed by atoms with van der Waals surface area (Å²) < 4.78 is 11.6. The molecule has 0 bridgehead atoms. The van der Waals surface area contributed by atoms with Crippen LogP contribution in [0.5, 0.6) is 0 Å². The number of carboxylic acids is 1. The average molecular weight is 825 g/mol. The van der Waals surface area contributed by atoms with Crippen LogP contribution in [0.15, 0.2) is 84.2 Å². The number of nitrogens with zero attached hydrogens (tertiary/aromatic N) is 2. The number of carboxylic acid groups (broad SMARTS) is 1. The molecule has 5 atom stereocenters. The zero-order valence-electron chi connectivity index (χ0n) is 35.1. The predicted molar refractivity (Wildman–Crippen MR) is 227 cm³/mol. The molecule has 3 N–H and O–H groups in total. The molecule has 1 aromatic heterocycles. The van der Waals surface area contributed by atoms with E-state index in [-0.39, 0.29) is 42.9 Å². The van der Waals surface area contributed by atoms with E-state index in [9.17, 15) is 29.1 Å². The Morgan fingerprint density at radius 1 is 0.864 bits per heavy atom. The Morgan fingerprint density at radius 3 is 2.02 bits per heavy atom. The summed E-state index contributed by atoms with van der Waals surface area (Å²) in [7, 11) is 1.67. The zero-order chi connectivity index (χ0) is 43.0. The number of aliphatic carboxylic acids is 1. The zero-order valence-corrected chi connectivity index (χ0v) is 35.9. The van der Waals surface area contributed by atoms with Crippen molar-refractivity contribution in [1.29, 1.82) is 0 Å². The Bertz CT molecular complexity index is 2070. The van der Waals surface area contributed by atoms with Crippen LogP contribution in [0.2, 0.25) is 0 Å². The molecule has 0 saturated carbocycles. The molecule has 0 spiro atoms. The number of ether oxygens (including phenoxy) is 2. The standard InChI is InChI=1S/C46H56N4O8S/c1-27(2)38(24-39(58-29(4)51)42-48-37(26-59-42)41(52)47-31(22-28(3)44(54)55)23-30-16-10-9-11-17-30)50(8)43(53)40(46(5,6)7)49-45(56)57-25-36-34-20-14-12-18-32(34)33-19-13-15-21-35(33)36/h9-21,26-28,31,36,38-40H,22-25H2,1-8H3,(H,47,52)(H,49,56)(H,54,55). The molecule has 314 valence electrons. The lowest BCUT2D eigenvalue weighted by molar-refractivity contribution is -0.149. The van der Waals surface area contributed by atoms with E-state index in [4.69, 9.17) is 9.47 Å². The van der Waals surface area contributed by atoms with Crippen molar-refractivity contribution < 1.29 is 38.6 Å². The molecule has 5 rings (SSSR count). The average Bonchev–Trinajstić information content (AvgIpc) is 3.81. The molecule has 0 saturated heterocycles. The summed E-state index contributed by atoms with van der Waals surface area (Å²) in [5.41, 5.74) is 4.74. The van der Waals surface area contributed by atoms with E-state index in [0.717, 1.165) is 39.2 Å². The maximum atomic E-state index is 14.4. The van der Waals surface area contributed by atoms with E-state index in [1.807, 2.05) is 101 Å². The molecule has 3 amide bonds. The van der Waals surface area contributed by atoms with Crippen molar-refractivity contribution in [3.05, 3.63) is 112 Å². The Balaban J connectivity index is 1.28. The van der Waals surface area contributed by atoms with Gasteiger partial charge in [-0.1, -0.05) is 120 Å². The lowest BCUT2D eigenvalue weighted by Gasteiger charge is -2.39. The largest absolute Gasteiger partial charge is 0.481 e. The molecular formula is C46H56N4O8S. The summed E-state index contributed by atoms with van der Waals surface area (Å²) in [6, 6.07) is 23.7. The van der Waals surface area contributed by atoms with Crippen LogP contribution in [0.3, 0.4) is 0 Å². The van der Waals surface area contributed by atoms with E-state index in [1.54, 1.807) is 24.3 Å². The van der Waals surface area contributed by atoms with Gasteiger partial charge in [-0.25, -0.2) is 9.78 Å². The molecule has 1 heterocycles. The highest BCUT2D eigenvalue weighted by molar-refractivity contribution is 7.09. The SMILES string of the molecule is CC(=O)OC(CC(C(C)C)N(C)C(=O)C(NC(=O)OCC1c2ccccc2-c2ccccc21)C(C)(C)C)c1nc(C(=O)NC(Cc2ccccc2)CC(C)C(=O)O)cs1. The maximum absolute atomic E-state index is 14.4. The smallest absolute Gasteiger partial charge is 0.407 e. The van der Waals surface area contributed by atoms with Gasteiger partial charge in [0.15, 0.2) is 6.10 Å². The van der Waals surface area contributed by atoms with Gasteiger partial charge in [0, 0.05) is 43.8 Å². The van der Waals surface area contributed by atoms with E-state index in [2.05, 4.69) is 27.8 Å². The van der Waals surface area contributed by atoms with Crippen molar-refractivity contribution in [1.82, 2.24) is 20.5 Å². The fraction of sp³-hybridized carbons (Fsp3) is 0.435.